The van der Waals surface area contributed by atoms with E-state index in [1.165, 1.54) is 24.0 Å². The molecule has 21 heavy (non-hydrogen) atoms. The predicted molar refractivity (Wildman–Crippen MR) is 87.1 cm³/mol. The van der Waals surface area contributed by atoms with Crippen LogP contribution in [0.25, 0.3) is 0 Å². The van der Waals surface area contributed by atoms with E-state index >= 15 is 0 Å². The minimum atomic E-state index is -0.536. The van der Waals surface area contributed by atoms with E-state index in [0.717, 1.165) is 10.6 Å². The Balaban J connectivity index is 2.30. The molecule has 0 aliphatic heterocycles. The van der Waals surface area contributed by atoms with Crippen LogP contribution in [0.1, 0.15) is 20.8 Å². The molecule has 0 radical (unpaired) electrons. The highest BCUT2D eigenvalue weighted by Crippen LogP contribution is 2.44. The molecule has 0 saturated heterocycles. The smallest absolute Gasteiger partial charge is 0.261 e. The Morgan fingerprint density at radius 3 is 2.48 bits per heavy atom. The van der Waals surface area contributed by atoms with Gasteiger partial charge in [-0.2, -0.15) is 0 Å². The van der Waals surface area contributed by atoms with Crippen molar-refractivity contribution in [3.63, 3.8) is 0 Å². The van der Waals surface area contributed by atoms with Crippen LogP contribution in [0.3, 0.4) is 0 Å². The molecule has 0 bridgehead atoms. The van der Waals surface area contributed by atoms with E-state index in [4.69, 9.17) is 16.2 Å². The minimum Gasteiger partial charge on any atom is -0.492 e. The quantitative estimate of drug-likeness (QED) is 0.888. The summed E-state index contributed by atoms with van der Waals surface area (Å²) in [6.45, 7) is 2.74. The number of carbonyl (C=O) groups excluding carboxylic acids is 1. The molecule has 1 aromatic heterocycles. The van der Waals surface area contributed by atoms with E-state index in [2.05, 4.69) is 31.2 Å². The van der Waals surface area contributed by atoms with Crippen molar-refractivity contribution in [2.75, 3.05) is 24.8 Å². The van der Waals surface area contributed by atoms with E-state index in [9.17, 15) is 4.79 Å². The van der Waals surface area contributed by atoms with Crippen molar-refractivity contribution in [3.05, 3.63) is 40.3 Å². The Kier molecular flexibility index (Phi) is 4.37. The van der Waals surface area contributed by atoms with E-state index in [0.29, 0.717) is 22.9 Å². The number of methoxy groups -OCH3 is 1. The molecule has 0 unspecified atom stereocenters. The normalized spacial score (nSPS) is 10.4. The van der Waals surface area contributed by atoms with Gasteiger partial charge in [0.05, 0.1) is 7.11 Å². The number of carbonyl (C=O) groups is 1. The van der Waals surface area contributed by atoms with Gasteiger partial charge in [0, 0.05) is 13.6 Å². The SMILES string of the molecule is COc1c(N(C)Cc2ccc(C)cc2)sc(C(N)=O)c1N. The summed E-state index contributed by atoms with van der Waals surface area (Å²) >= 11 is 1.25. The van der Waals surface area contributed by atoms with Crippen LogP contribution >= 0.6 is 11.3 Å². The number of hydrogen-bond acceptors (Lipinski definition) is 5. The zero-order chi connectivity index (χ0) is 15.6. The standard InChI is InChI=1S/C15H19N3O2S/c1-9-4-6-10(7-5-9)8-18(2)15-12(20-3)11(16)13(21-15)14(17)19/h4-7H,8,16H2,1-3H3,(H2,17,19). The van der Waals surface area contributed by atoms with E-state index in [1.807, 2.05) is 11.9 Å². The lowest BCUT2D eigenvalue weighted by molar-refractivity contribution is 0.100. The number of amides is 1. The lowest BCUT2D eigenvalue weighted by atomic mass is 10.1. The highest BCUT2D eigenvalue weighted by atomic mass is 32.1. The van der Waals surface area contributed by atoms with Gasteiger partial charge in [0.15, 0.2) is 5.75 Å². The summed E-state index contributed by atoms with van der Waals surface area (Å²) in [6.07, 6.45) is 0. The van der Waals surface area contributed by atoms with Gasteiger partial charge in [-0.1, -0.05) is 29.8 Å². The van der Waals surface area contributed by atoms with E-state index in [1.54, 1.807) is 0 Å². The topological polar surface area (TPSA) is 81.6 Å². The zero-order valence-electron chi connectivity index (χ0n) is 12.3. The number of rotatable bonds is 5. The number of nitrogens with zero attached hydrogens (tertiary/aromatic N) is 1. The summed E-state index contributed by atoms with van der Waals surface area (Å²) in [6, 6.07) is 8.28. The van der Waals surface area contributed by atoms with Gasteiger partial charge in [-0.3, -0.25) is 4.79 Å². The van der Waals surface area contributed by atoms with E-state index in [-0.39, 0.29) is 0 Å². The average molecular weight is 305 g/mol. The van der Waals surface area contributed by atoms with Gasteiger partial charge in [-0.25, -0.2) is 0 Å². The number of primary amides is 1. The van der Waals surface area contributed by atoms with Crippen molar-refractivity contribution in [1.29, 1.82) is 0 Å². The first-order valence-corrected chi connectivity index (χ1v) is 7.28. The molecule has 0 aliphatic carbocycles. The second-order valence-corrected chi connectivity index (χ2v) is 5.89. The third-order valence-corrected chi connectivity index (χ3v) is 4.51. The maximum Gasteiger partial charge on any atom is 0.261 e. The molecule has 2 rings (SSSR count). The number of anilines is 2. The number of nitrogens with two attached hydrogens (primary N) is 2. The number of benzene rings is 1. The molecule has 1 aromatic carbocycles. The number of thiophene rings is 1. The Morgan fingerprint density at radius 1 is 1.33 bits per heavy atom. The van der Waals surface area contributed by atoms with Crippen molar-refractivity contribution in [2.45, 2.75) is 13.5 Å². The van der Waals surface area contributed by atoms with Gasteiger partial charge in [0.1, 0.15) is 15.6 Å². The second-order valence-electron chi connectivity index (χ2n) is 4.89. The van der Waals surface area contributed by atoms with Crippen molar-refractivity contribution in [2.24, 2.45) is 5.73 Å². The van der Waals surface area contributed by atoms with Gasteiger partial charge in [0.2, 0.25) is 0 Å². The van der Waals surface area contributed by atoms with Crippen LogP contribution in [0.4, 0.5) is 10.7 Å². The Hall–Kier alpha value is -2.21. The fourth-order valence-corrected chi connectivity index (χ4v) is 3.09. The molecule has 0 fully saturated rings. The Morgan fingerprint density at radius 2 is 1.95 bits per heavy atom. The molecule has 112 valence electrons. The number of aryl methyl sites for hydroxylation is 1. The number of hydrogen-bond donors (Lipinski definition) is 2. The first-order valence-electron chi connectivity index (χ1n) is 6.46. The van der Waals surface area contributed by atoms with Gasteiger partial charge >= 0.3 is 0 Å². The predicted octanol–water partition coefficient (Wildman–Crippen LogP) is 2.38. The molecule has 2 aromatic rings. The fraction of sp³-hybridized carbons (Fsp3) is 0.267. The van der Waals surface area contributed by atoms with Crippen LogP contribution < -0.4 is 21.1 Å². The largest absolute Gasteiger partial charge is 0.492 e. The van der Waals surface area contributed by atoms with Crippen molar-refractivity contribution in [3.8, 4) is 5.75 Å². The summed E-state index contributed by atoms with van der Waals surface area (Å²) in [5, 5.41) is 0.796. The molecule has 4 N–H and O–H groups in total. The molecule has 6 heteroatoms. The summed E-state index contributed by atoms with van der Waals surface area (Å²) in [7, 11) is 3.46. The molecule has 1 amide bonds. The Bertz CT molecular complexity index is 650. The lowest BCUT2D eigenvalue weighted by Gasteiger charge is -2.19. The zero-order valence-corrected chi connectivity index (χ0v) is 13.2. The molecular weight excluding hydrogens is 286 g/mol. The van der Waals surface area contributed by atoms with Crippen molar-refractivity contribution >= 4 is 27.9 Å². The first kappa shape index (κ1) is 15.2. The first-order chi connectivity index (χ1) is 9.93. The fourth-order valence-electron chi connectivity index (χ4n) is 2.09. The van der Waals surface area contributed by atoms with Crippen molar-refractivity contribution in [1.82, 2.24) is 0 Å². The molecule has 0 spiro atoms. The van der Waals surface area contributed by atoms with Crippen LogP contribution in [-0.2, 0) is 6.54 Å². The maximum absolute atomic E-state index is 11.4. The van der Waals surface area contributed by atoms with Crippen LogP contribution in [0.5, 0.6) is 5.75 Å². The third kappa shape index (κ3) is 3.11. The van der Waals surface area contributed by atoms with Gasteiger partial charge in [0.25, 0.3) is 5.91 Å². The van der Waals surface area contributed by atoms with Gasteiger partial charge < -0.3 is 21.1 Å². The van der Waals surface area contributed by atoms with Crippen LogP contribution in [-0.4, -0.2) is 20.1 Å². The maximum atomic E-state index is 11.4. The van der Waals surface area contributed by atoms with Gasteiger partial charge in [-0.05, 0) is 12.5 Å². The number of ether oxygens (including phenoxy) is 1. The van der Waals surface area contributed by atoms with Crippen LogP contribution in [0.2, 0.25) is 0 Å². The highest BCUT2D eigenvalue weighted by Gasteiger charge is 2.22. The lowest BCUT2D eigenvalue weighted by Crippen LogP contribution is -2.15. The molecular formula is C15H19N3O2S. The average Bonchev–Trinajstić information content (AvgIpc) is 2.78. The summed E-state index contributed by atoms with van der Waals surface area (Å²) in [5.74, 6) is -0.0332. The van der Waals surface area contributed by atoms with Gasteiger partial charge in [-0.15, -0.1) is 11.3 Å². The number of nitrogen functional groups attached to an aromatic ring is 1. The molecule has 0 atom stereocenters. The van der Waals surface area contributed by atoms with Crippen LogP contribution in [0, 0.1) is 6.92 Å². The molecule has 5 nitrogen and oxygen atoms in total. The van der Waals surface area contributed by atoms with E-state index < -0.39 is 5.91 Å². The third-order valence-electron chi connectivity index (χ3n) is 3.20. The minimum absolute atomic E-state index is 0.306. The van der Waals surface area contributed by atoms with Crippen LogP contribution in [0.15, 0.2) is 24.3 Å². The second kappa shape index (κ2) is 6.05. The molecule has 0 aliphatic rings. The summed E-state index contributed by atoms with van der Waals surface area (Å²) < 4.78 is 5.32. The summed E-state index contributed by atoms with van der Waals surface area (Å²) in [4.78, 5) is 13.7. The van der Waals surface area contributed by atoms with Crippen molar-refractivity contribution < 1.29 is 9.53 Å². The summed E-state index contributed by atoms with van der Waals surface area (Å²) in [5.41, 5.74) is 14.0. The highest BCUT2D eigenvalue weighted by molar-refractivity contribution is 7.19. The Labute approximate surface area is 128 Å². The monoisotopic (exact) mass is 305 g/mol. The molecule has 1 heterocycles. The molecule has 0 saturated carbocycles.